The fourth-order valence-electron chi connectivity index (χ4n) is 3.66. The number of carbonyl (C=O) groups excluding carboxylic acids is 1. The summed E-state index contributed by atoms with van der Waals surface area (Å²) in [6, 6.07) is 16.7. The molecule has 0 saturated carbocycles. The van der Waals surface area contributed by atoms with Gasteiger partial charge in [-0.15, -0.1) is 11.8 Å². The smallest absolute Gasteiger partial charge is 0.320 e. The monoisotopic (exact) mass is 383 g/mol. The van der Waals surface area contributed by atoms with Crippen LogP contribution in [0, 0.1) is 0 Å². The van der Waals surface area contributed by atoms with Gasteiger partial charge in [0.15, 0.2) is 0 Å². The fraction of sp³-hybridized carbons (Fsp3) is 0.381. The molecular weight excluding hydrogens is 358 g/mol. The van der Waals surface area contributed by atoms with Crippen molar-refractivity contribution in [3.05, 3.63) is 54.1 Å². The number of methoxy groups -OCH3 is 1. The van der Waals surface area contributed by atoms with E-state index in [1.54, 1.807) is 7.11 Å². The number of rotatable bonds is 2. The summed E-state index contributed by atoms with van der Waals surface area (Å²) in [5.41, 5.74) is 2.41. The van der Waals surface area contributed by atoms with Crippen molar-refractivity contribution in [3.8, 4) is 5.75 Å². The van der Waals surface area contributed by atoms with Crippen molar-refractivity contribution < 1.29 is 9.53 Å². The average Bonchev–Trinajstić information content (AvgIpc) is 2.95. The van der Waals surface area contributed by atoms with Crippen LogP contribution in [0.5, 0.6) is 5.75 Å². The Morgan fingerprint density at radius 2 is 1.74 bits per heavy atom. The summed E-state index contributed by atoms with van der Waals surface area (Å²) in [7, 11) is 1.68. The molecular formula is C21H25N3O2S. The highest BCUT2D eigenvalue weighted by molar-refractivity contribution is 7.99. The Labute approximate surface area is 164 Å². The summed E-state index contributed by atoms with van der Waals surface area (Å²) in [4.78, 5) is 20.7. The topological polar surface area (TPSA) is 36.0 Å². The maximum atomic E-state index is 13.1. The molecule has 2 aromatic carbocycles. The third-order valence-electron chi connectivity index (χ3n) is 5.19. The van der Waals surface area contributed by atoms with E-state index in [2.05, 4.69) is 41.3 Å². The van der Waals surface area contributed by atoms with E-state index in [-0.39, 0.29) is 6.03 Å². The molecule has 0 spiro atoms. The van der Waals surface area contributed by atoms with Crippen LogP contribution in [0.4, 0.5) is 10.5 Å². The van der Waals surface area contributed by atoms with Crippen molar-refractivity contribution in [2.24, 2.45) is 0 Å². The minimum Gasteiger partial charge on any atom is -0.497 e. The molecule has 0 aliphatic carbocycles. The first kappa shape index (κ1) is 18.0. The van der Waals surface area contributed by atoms with Crippen molar-refractivity contribution in [1.82, 2.24) is 9.80 Å². The zero-order valence-electron chi connectivity index (χ0n) is 15.6. The minimum absolute atomic E-state index is 0.152. The van der Waals surface area contributed by atoms with Crippen LogP contribution in [0.1, 0.15) is 5.56 Å². The quantitative estimate of drug-likeness (QED) is 0.795. The number of thioether (sulfide) groups is 1. The number of piperazine rings is 1. The Morgan fingerprint density at radius 3 is 2.48 bits per heavy atom. The molecule has 0 aromatic heterocycles. The van der Waals surface area contributed by atoms with Crippen LogP contribution in [0.25, 0.3) is 0 Å². The Kier molecular flexibility index (Phi) is 5.43. The van der Waals surface area contributed by atoms with Gasteiger partial charge in [-0.05, 0) is 35.9 Å². The molecule has 5 nitrogen and oxygen atoms in total. The van der Waals surface area contributed by atoms with Crippen molar-refractivity contribution in [3.63, 3.8) is 0 Å². The van der Waals surface area contributed by atoms with Crippen LogP contribution >= 0.6 is 11.8 Å². The van der Waals surface area contributed by atoms with E-state index in [0.29, 0.717) is 6.54 Å². The van der Waals surface area contributed by atoms with Gasteiger partial charge in [0.05, 0.1) is 7.11 Å². The number of carbonyl (C=O) groups is 1. The molecule has 2 amide bonds. The van der Waals surface area contributed by atoms with Gasteiger partial charge in [-0.1, -0.05) is 18.2 Å². The zero-order valence-corrected chi connectivity index (χ0v) is 16.5. The van der Waals surface area contributed by atoms with Gasteiger partial charge in [0, 0.05) is 55.6 Å². The third kappa shape index (κ3) is 4.00. The molecule has 4 rings (SSSR count). The molecule has 1 fully saturated rings. The van der Waals surface area contributed by atoms with Crippen LogP contribution in [0.2, 0.25) is 0 Å². The van der Waals surface area contributed by atoms with E-state index in [0.717, 1.165) is 44.2 Å². The molecule has 0 N–H and O–H groups in total. The lowest BCUT2D eigenvalue weighted by Crippen LogP contribution is -2.53. The van der Waals surface area contributed by atoms with E-state index < -0.39 is 0 Å². The molecule has 2 heterocycles. The number of nitrogens with zero attached hydrogens (tertiary/aromatic N) is 3. The molecule has 2 aromatic rings. The number of hydrogen-bond donors (Lipinski definition) is 0. The van der Waals surface area contributed by atoms with Crippen LogP contribution in [0.3, 0.4) is 0 Å². The first-order chi connectivity index (χ1) is 13.2. The summed E-state index contributed by atoms with van der Waals surface area (Å²) < 4.78 is 5.36. The molecule has 0 bridgehead atoms. The van der Waals surface area contributed by atoms with Gasteiger partial charge in [-0.25, -0.2) is 4.79 Å². The Bertz CT molecular complexity index is 791. The number of amides is 2. The second kappa shape index (κ2) is 8.13. The summed E-state index contributed by atoms with van der Waals surface area (Å²) in [5, 5.41) is 0. The summed E-state index contributed by atoms with van der Waals surface area (Å²) in [6.45, 7) is 4.72. The number of fused-ring (bicyclic) bond motifs is 1. The Morgan fingerprint density at radius 1 is 0.963 bits per heavy atom. The molecule has 27 heavy (non-hydrogen) atoms. The number of benzene rings is 2. The SMILES string of the molecule is COc1ccc2c(c1)CN(C(=O)N1CCN(c3ccccc3)CC1)CCS2. The first-order valence-electron chi connectivity index (χ1n) is 9.38. The summed E-state index contributed by atoms with van der Waals surface area (Å²) in [5.74, 6) is 1.77. The number of hydrogen-bond acceptors (Lipinski definition) is 4. The highest BCUT2D eigenvalue weighted by Crippen LogP contribution is 2.31. The number of para-hydroxylation sites is 1. The fourth-order valence-corrected chi connectivity index (χ4v) is 4.66. The standard InChI is InChI=1S/C21H25N3O2S/c1-26-19-7-8-20-17(15-19)16-24(13-14-27-20)21(25)23-11-9-22(10-12-23)18-5-3-2-4-6-18/h2-8,15H,9-14,16H2,1H3. The lowest BCUT2D eigenvalue weighted by atomic mass is 10.2. The van der Waals surface area contributed by atoms with Gasteiger partial charge in [-0.3, -0.25) is 0 Å². The maximum absolute atomic E-state index is 13.1. The second-order valence-corrected chi connectivity index (χ2v) is 7.97. The lowest BCUT2D eigenvalue weighted by molar-refractivity contribution is 0.150. The van der Waals surface area contributed by atoms with E-state index in [1.807, 2.05) is 33.7 Å². The third-order valence-corrected chi connectivity index (χ3v) is 6.29. The average molecular weight is 384 g/mol. The van der Waals surface area contributed by atoms with Gasteiger partial charge in [0.25, 0.3) is 0 Å². The Hall–Kier alpha value is -2.34. The number of urea groups is 1. The molecule has 6 heteroatoms. The lowest BCUT2D eigenvalue weighted by Gasteiger charge is -2.38. The van der Waals surface area contributed by atoms with Crippen molar-refractivity contribution in [2.45, 2.75) is 11.4 Å². The predicted octanol–water partition coefficient (Wildman–Crippen LogP) is 3.55. The molecule has 142 valence electrons. The van der Waals surface area contributed by atoms with Crippen molar-refractivity contribution in [1.29, 1.82) is 0 Å². The van der Waals surface area contributed by atoms with E-state index in [9.17, 15) is 4.79 Å². The highest BCUT2D eigenvalue weighted by atomic mass is 32.2. The van der Waals surface area contributed by atoms with E-state index in [1.165, 1.54) is 16.1 Å². The largest absolute Gasteiger partial charge is 0.497 e. The predicted molar refractivity (Wildman–Crippen MR) is 110 cm³/mol. The molecule has 2 aliphatic heterocycles. The summed E-state index contributed by atoms with van der Waals surface area (Å²) >= 11 is 1.82. The number of ether oxygens (including phenoxy) is 1. The van der Waals surface area contributed by atoms with Crippen LogP contribution in [-0.2, 0) is 6.54 Å². The molecule has 0 unspecified atom stereocenters. The first-order valence-corrected chi connectivity index (χ1v) is 10.4. The Balaban J connectivity index is 1.41. The molecule has 0 atom stereocenters. The molecule has 2 aliphatic rings. The minimum atomic E-state index is 0.152. The van der Waals surface area contributed by atoms with E-state index in [4.69, 9.17) is 4.74 Å². The highest BCUT2D eigenvalue weighted by Gasteiger charge is 2.27. The van der Waals surface area contributed by atoms with Crippen LogP contribution in [0.15, 0.2) is 53.4 Å². The normalized spacial score (nSPS) is 17.3. The van der Waals surface area contributed by atoms with Crippen molar-refractivity contribution in [2.75, 3.05) is 50.5 Å². The van der Waals surface area contributed by atoms with E-state index >= 15 is 0 Å². The van der Waals surface area contributed by atoms with Gasteiger partial charge in [0.1, 0.15) is 5.75 Å². The van der Waals surface area contributed by atoms with Crippen molar-refractivity contribution >= 4 is 23.5 Å². The zero-order chi connectivity index (χ0) is 18.6. The van der Waals surface area contributed by atoms with Gasteiger partial charge in [-0.2, -0.15) is 0 Å². The van der Waals surface area contributed by atoms with Crippen LogP contribution in [-0.4, -0.2) is 61.4 Å². The molecule has 0 radical (unpaired) electrons. The van der Waals surface area contributed by atoms with Gasteiger partial charge in [0.2, 0.25) is 0 Å². The molecule has 1 saturated heterocycles. The number of anilines is 1. The van der Waals surface area contributed by atoms with Gasteiger partial charge >= 0.3 is 6.03 Å². The second-order valence-electron chi connectivity index (χ2n) is 6.84. The maximum Gasteiger partial charge on any atom is 0.320 e. The van der Waals surface area contributed by atoms with Gasteiger partial charge < -0.3 is 19.4 Å². The summed E-state index contributed by atoms with van der Waals surface area (Å²) in [6.07, 6.45) is 0. The van der Waals surface area contributed by atoms with Crippen LogP contribution < -0.4 is 9.64 Å².